The molecule has 6 nitrogen and oxygen atoms in total. The summed E-state index contributed by atoms with van der Waals surface area (Å²) in [5.41, 5.74) is 6.00. The molecule has 4 aliphatic carbocycles. The number of Topliss-reactive ketones (excluding diaryl/α,β-unsaturated/α-hetero) is 1. The first-order chi connectivity index (χ1) is 18.5. The van der Waals surface area contributed by atoms with Crippen LogP contribution < -0.4 is 5.43 Å². The fourth-order valence-electron chi connectivity index (χ4n) is 9.30. The Kier molecular flexibility index (Phi) is 7.78. The van der Waals surface area contributed by atoms with Gasteiger partial charge in [-0.2, -0.15) is 5.10 Å². The van der Waals surface area contributed by atoms with Crippen LogP contribution in [-0.4, -0.2) is 16.4 Å². The zero-order valence-corrected chi connectivity index (χ0v) is 24.5. The molecule has 1 N–H and O–H groups in total. The molecule has 7 atom stereocenters. The van der Waals surface area contributed by atoms with Gasteiger partial charge in [-0.3, -0.25) is 20.3 Å². The number of ketones is 1. The number of hydrogen-bond acceptors (Lipinski definition) is 5. The van der Waals surface area contributed by atoms with E-state index in [9.17, 15) is 14.9 Å². The van der Waals surface area contributed by atoms with Crippen molar-refractivity contribution in [1.29, 1.82) is 0 Å². The van der Waals surface area contributed by atoms with E-state index >= 15 is 0 Å². The van der Waals surface area contributed by atoms with Crippen LogP contribution in [0.4, 0.5) is 11.4 Å². The first-order valence-corrected chi connectivity index (χ1v) is 15.4. The van der Waals surface area contributed by atoms with E-state index in [4.69, 9.17) is 0 Å². The number of nitrogens with zero attached hydrogens (tertiary/aromatic N) is 2. The maximum Gasteiger partial charge on any atom is 0.269 e. The number of benzene rings is 1. The van der Waals surface area contributed by atoms with Gasteiger partial charge in [-0.15, -0.1) is 0 Å². The van der Waals surface area contributed by atoms with Crippen molar-refractivity contribution in [3.63, 3.8) is 0 Å². The minimum Gasteiger partial charge on any atom is -0.295 e. The van der Waals surface area contributed by atoms with Crippen molar-refractivity contribution in [1.82, 2.24) is 0 Å². The fourth-order valence-corrected chi connectivity index (χ4v) is 9.30. The van der Waals surface area contributed by atoms with Crippen LogP contribution >= 0.6 is 0 Å². The van der Waals surface area contributed by atoms with Crippen molar-refractivity contribution >= 4 is 22.9 Å². The van der Waals surface area contributed by atoms with E-state index in [1.54, 1.807) is 12.1 Å². The van der Waals surface area contributed by atoms with E-state index < -0.39 is 4.92 Å². The number of nitro benzene ring substituents is 1. The van der Waals surface area contributed by atoms with Crippen LogP contribution in [-0.2, 0) is 4.79 Å². The quantitative estimate of drug-likeness (QED) is 0.268. The highest BCUT2D eigenvalue weighted by Gasteiger charge is 2.60. The average molecular weight is 534 g/mol. The number of allylic oxidation sites excluding steroid dienone is 2. The van der Waals surface area contributed by atoms with Crippen LogP contribution in [0.5, 0.6) is 0 Å². The van der Waals surface area contributed by atoms with Crippen LogP contribution in [0.2, 0.25) is 0 Å². The summed E-state index contributed by atoms with van der Waals surface area (Å²) in [7, 11) is 0. The fraction of sp³-hybridized carbons (Fsp3) is 0.697. The van der Waals surface area contributed by atoms with Crippen LogP contribution in [0.3, 0.4) is 0 Å². The van der Waals surface area contributed by atoms with Crippen LogP contribution in [0, 0.1) is 56.5 Å². The van der Waals surface area contributed by atoms with Gasteiger partial charge in [0.1, 0.15) is 0 Å². The summed E-state index contributed by atoms with van der Waals surface area (Å²) in [5, 5.41) is 15.5. The van der Waals surface area contributed by atoms with Crippen LogP contribution in [0.1, 0.15) is 98.8 Å². The Morgan fingerprint density at radius 3 is 2.49 bits per heavy atom. The Morgan fingerprint density at radius 1 is 1.05 bits per heavy atom. The Labute approximate surface area is 234 Å². The van der Waals surface area contributed by atoms with Gasteiger partial charge in [-0.1, -0.05) is 53.9 Å². The van der Waals surface area contributed by atoms with E-state index in [-0.39, 0.29) is 11.1 Å². The molecule has 212 valence electrons. The highest BCUT2D eigenvalue weighted by Crippen LogP contribution is 2.67. The molecule has 0 bridgehead atoms. The van der Waals surface area contributed by atoms with Crippen LogP contribution in [0.15, 0.2) is 41.0 Å². The third-order valence-corrected chi connectivity index (χ3v) is 11.4. The lowest BCUT2D eigenvalue weighted by molar-refractivity contribution is -0.384. The second kappa shape index (κ2) is 10.8. The summed E-state index contributed by atoms with van der Waals surface area (Å²) in [6.45, 7) is 12.1. The lowest BCUT2D eigenvalue weighted by atomic mass is 9.46. The van der Waals surface area contributed by atoms with Gasteiger partial charge in [0.15, 0.2) is 5.78 Å². The van der Waals surface area contributed by atoms with Crippen molar-refractivity contribution in [2.24, 2.45) is 51.4 Å². The molecule has 0 saturated heterocycles. The minimum absolute atomic E-state index is 0.0591. The minimum atomic E-state index is -0.405. The van der Waals surface area contributed by atoms with Crippen molar-refractivity contribution in [2.45, 2.75) is 98.8 Å². The summed E-state index contributed by atoms with van der Waals surface area (Å²) in [6.07, 6.45) is 13.8. The van der Waals surface area contributed by atoms with E-state index in [2.05, 4.69) is 51.2 Å². The number of nitro groups is 1. The van der Waals surface area contributed by atoms with Gasteiger partial charge in [0.2, 0.25) is 0 Å². The Morgan fingerprint density at radius 2 is 1.79 bits per heavy atom. The monoisotopic (exact) mass is 533 g/mol. The van der Waals surface area contributed by atoms with Crippen LogP contribution in [0.25, 0.3) is 0 Å². The molecule has 39 heavy (non-hydrogen) atoms. The molecule has 5 rings (SSSR count). The number of non-ortho nitro benzene ring substituents is 1. The smallest absolute Gasteiger partial charge is 0.269 e. The van der Waals surface area contributed by atoms with Crippen molar-refractivity contribution in [2.75, 3.05) is 5.43 Å². The topological polar surface area (TPSA) is 84.6 Å². The van der Waals surface area contributed by atoms with Gasteiger partial charge in [-0.25, -0.2) is 0 Å². The number of hydrazone groups is 1. The number of fused-ring (bicyclic) bond motifs is 5. The van der Waals surface area contributed by atoms with Gasteiger partial charge in [0, 0.05) is 24.1 Å². The standard InChI is InChI=1S/C33H47N3O3/c1-21(2)7-6-8-22(3)27-13-14-28-26-20-31(37)30-19-24(35-34-23-9-11-25(12-10-23)36(38)39)15-17-33(30,5)29(26)16-18-32(27,28)4/h9-12,19,21-22,26-29,34H,6-8,13-18,20H2,1-5H3/b35-24+/t22-,26+,27-,28+,29+,32-,33-/m1/s1. The van der Waals surface area contributed by atoms with Gasteiger partial charge >= 0.3 is 0 Å². The predicted molar refractivity (Wildman–Crippen MR) is 158 cm³/mol. The number of anilines is 1. The normalized spacial score (nSPS) is 35.7. The number of rotatable bonds is 8. The van der Waals surface area contributed by atoms with E-state index in [1.165, 1.54) is 57.1 Å². The predicted octanol–water partition coefficient (Wildman–Crippen LogP) is 8.58. The highest BCUT2D eigenvalue weighted by atomic mass is 16.6. The lowest BCUT2D eigenvalue weighted by Crippen LogP contribution is -2.53. The molecule has 3 saturated carbocycles. The second-order valence-electron chi connectivity index (χ2n) is 14.0. The van der Waals surface area contributed by atoms with E-state index in [0.717, 1.165) is 41.9 Å². The van der Waals surface area contributed by atoms with Gasteiger partial charge in [-0.05, 0) is 103 Å². The Hall–Kier alpha value is -2.50. The first kappa shape index (κ1) is 28.0. The Bertz CT molecular complexity index is 1160. The van der Waals surface area contributed by atoms with Gasteiger partial charge in [0.25, 0.3) is 5.69 Å². The number of carbonyl (C=O) groups excluding carboxylic acids is 1. The summed E-state index contributed by atoms with van der Waals surface area (Å²) in [6, 6.07) is 6.27. The Balaban J connectivity index is 1.30. The molecule has 0 aromatic heterocycles. The molecule has 6 heteroatoms. The molecule has 4 aliphatic rings. The molecular formula is C33H47N3O3. The zero-order valence-electron chi connectivity index (χ0n) is 24.5. The number of carbonyl (C=O) groups is 1. The van der Waals surface area contributed by atoms with Gasteiger partial charge < -0.3 is 0 Å². The molecule has 1 aromatic rings. The molecule has 0 radical (unpaired) electrons. The lowest BCUT2D eigenvalue weighted by Gasteiger charge is -2.58. The molecular weight excluding hydrogens is 486 g/mol. The zero-order chi connectivity index (χ0) is 27.9. The molecule has 0 heterocycles. The summed E-state index contributed by atoms with van der Waals surface area (Å²) in [5.74, 6) is 4.47. The molecule has 0 amide bonds. The summed E-state index contributed by atoms with van der Waals surface area (Å²) >= 11 is 0. The molecule has 3 fully saturated rings. The van der Waals surface area contributed by atoms with Gasteiger partial charge in [0.05, 0.1) is 16.3 Å². The number of nitrogens with one attached hydrogen (secondary N) is 1. The van der Waals surface area contributed by atoms with Crippen molar-refractivity contribution < 1.29 is 9.72 Å². The third kappa shape index (κ3) is 5.20. The molecule has 0 unspecified atom stereocenters. The van der Waals surface area contributed by atoms with E-state index in [1.807, 2.05) is 0 Å². The largest absolute Gasteiger partial charge is 0.295 e. The molecule has 0 spiro atoms. The van der Waals surface area contributed by atoms with E-state index in [0.29, 0.717) is 41.1 Å². The SMILES string of the molecule is CC(C)CCC[C@@H](C)[C@H]1CC[C@H]2[C@@H]3CC(=O)C4=C/C(=N/Nc5ccc([N+](=O)[O-])cc5)CC[C@]4(C)[C@H]3CC[C@]12C. The highest BCUT2D eigenvalue weighted by molar-refractivity contribution is 6.07. The molecule has 0 aliphatic heterocycles. The third-order valence-electron chi connectivity index (χ3n) is 11.4. The number of hydrogen-bond donors (Lipinski definition) is 1. The summed E-state index contributed by atoms with van der Waals surface area (Å²) in [4.78, 5) is 24.2. The summed E-state index contributed by atoms with van der Waals surface area (Å²) < 4.78 is 0. The average Bonchev–Trinajstić information content (AvgIpc) is 3.25. The van der Waals surface area contributed by atoms with Crippen molar-refractivity contribution in [3.05, 3.63) is 46.0 Å². The van der Waals surface area contributed by atoms with Crippen molar-refractivity contribution in [3.8, 4) is 0 Å². The maximum atomic E-state index is 13.7. The first-order valence-electron chi connectivity index (χ1n) is 15.4. The maximum absolute atomic E-state index is 13.7. The second-order valence-corrected chi connectivity index (χ2v) is 14.0. The molecule has 1 aromatic carbocycles.